The van der Waals surface area contributed by atoms with Crippen LogP contribution in [-0.2, 0) is 6.42 Å². The van der Waals surface area contributed by atoms with E-state index in [0.717, 1.165) is 18.4 Å². The van der Waals surface area contributed by atoms with Crippen molar-refractivity contribution in [1.29, 1.82) is 0 Å². The van der Waals surface area contributed by atoms with Gasteiger partial charge in [-0.05, 0) is 37.0 Å². The second kappa shape index (κ2) is 8.50. The Morgan fingerprint density at radius 3 is 2.08 bits per heavy atom. The molecule has 2 N–H and O–H groups in total. The van der Waals surface area contributed by atoms with Gasteiger partial charge in [0, 0.05) is 17.6 Å². The monoisotopic (exact) mass is 331 g/mol. The van der Waals surface area contributed by atoms with Gasteiger partial charge in [0.1, 0.15) is 5.75 Å². The molecule has 3 aromatic rings. The summed E-state index contributed by atoms with van der Waals surface area (Å²) in [7, 11) is 0. The molecule has 3 aromatic carbocycles. The summed E-state index contributed by atoms with van der Waals surface area (Å²) >= 11 is 0. The van der Waals surface area contributed by atoms with Crippen molar-refractivity contribution in [3.8, 4) is 5.75 Å². The normalized spacial score (nSPS) is 13.3. The summed E-state index contributed by atoms with van der Waals surface area (Å²) in [6, 6.07) is 28.9. The molecular weight excluding hydrogens is 306 g/mol. The number of phenolic OH excluding ortho intramolecular Hbond substituents is 1. The lowest BCUT2D eigenvalue weighted by Gasteiger charge is -2.25. The van der Waals surface area contributed by atoms with Gasteiger partial charge in [-0.25, -0.2) is 0 Å². The predicted octanol–water partition coefficient (Wildman–Crippen LogP) is 5.42. The third-order valence-corrected chi connectivity index (χ3v) is 4.63. The maximum absolute atomic E-state index is 10.3. The smallest absolute Gasteiger partial charge is 0.120 e. The largest absolute Gasteiger partial charge is 0.508 e. The molecular formula is C23H25NO. The molecule has 2 nitrogen and oxygen atoms in total. The summed E-state index contributed by atoms with van der Waals surface area (Å²) in [4.78, 5) is 0. The van der Waals surface area contributed by atoms with Gasteiger partial charge in [0.25, 0.3) is 0 Å². The van der Waals surface area contributed by atoms with Crippen LogP contribution in [0.2, 0.25) is 0 Å². The van der Waals surface area contributed by atoms with Crippen molar-refractivity contribution in [2.45, 2.75) is 31.8 Å². The second-order valence-electron chi connectivity index (χ2n) is 6.43. The number of hydrogen-bond donors (Lipinski definition) is 2. The van der Waals surface area contributed by atoms with Gasteiger partial charge in [-0.15, -0.1) is 0 Å². The molecule has 2 heteroatoms. The first kappa shape index (κ1) is 17.2. The van der Waals surface area contributed by atoms with E-state index in [1.54, 1.807) is 6.07 Å². The molecule has 0 unspecified atom stereocenters. The Kier molecular flexibility index (Phi) is 5.86. The highest BCUT2D eigenvalue weighted by molar-refractivity contribution is 5.35. The number of phenols is 1. The highest BCUT2D eigenvalue weighted by Crippen LogP contribution is 2.29. The summed E-state index contributed by atoms with van der Waals surface area (Å²) in [6.07, 6.45) is 1.90. The molecule has 0 spiro atoms. The van der Waals surface area contributed by atoms with Crippen LogP contribution >= 0.6 is 0 Å². The SMILES string of the molecule is C[C@@H](N[C@H](CCc1ccccc1)c1ccccc1O)c1ccccc1. The molecule has 3 rings (SSSR count). The third kappa shape index (κ3) is 4.71. The first-order chi connectivity index (χ1) is 12.2. The summed E-state index contributed by atoms with van der Waals surface area (Å²) < 4.78 is 0. The maximum atomic E-state index is 10.3. The quantitative estimate of drug-likeness (QED) is 0.606. The zero-order chi connectivity index (χ0) is 17.5. The van der Waals surface area contributed by atoms with E-state index >= 15 is 0 Å². The number of aromatic hydroxyl groups is 1. The number of benzene rings is 3. The van der Waals surface area contributed by atoms with Crippen molar-refractivity contribution >= 4 is 0 Å². The molecule has 0 radical (unpaired) electrons. The molecule has 25 heavy (non-hydrogen) atoms. The van der Waals surface area contributed by atoms with Crippen LogP contribution in [0.1, 0.15) is 42.1 Å². The van der Waals surface area contributed by atoms with Gasteiger partial charge in [-0.2, -0.15) is 0 Å². The van der Waals surface area contributed by atoms with Crippen LogP contribution in [0.3, 0.4) is 0 Å². The molecule has 0 fully saturated rings. The van der Waals surface area contributed by atoms with Gasteiger partial charge in [-0.1, -0.05) is 78.9 Å². The highest BCUT2D eigenvalue weighted by Gasteiger charge is 2.18. The van der Waals surface area contributed by atoms with E-state index in [1.165, 1.54) is 11.1 Å². The highest BCUT2D eigenvalue weighted by atomic mass is 16.3. The van der Waals surface area contributed by atoms with Crippen LogP contribution in [-0.4, -0.2) is 5.11 Å². The lowest BCUT2D eigenvalue weighted by Crippen LogP contribution is -2.25. The van der Waals surface area contributed by atoms with E-state index in [2.05, 4.69) is 60.8 Å². The Balaban J connectivity index is 1.78. The maximum Gasteiger partial charge on any atom is 0.120 e. The molecule has 0 aliphatic heterocycles. The summed E-state index contributed by atoms with van der Waals surface area (Å²) in [5.41, 5.74) is 3.53. The fraction of sp³-hybridized carbons (Fsp3) is 0.217. The van der Waals surface area contributed by atoms with E-state index in [-0.39, 0.29) is 12.1 Å². The lowest BCUT2D eigenvalue weighted by atomic mass is 9.96. The summed E-state index contributed by atoms with van der Waals surface area (Å²) in [5.74, 6) is 0.355. The number of hydrogen-bond acceptors (Lipinski definition) is 2. The van der Waals surface area contributed by atoms with Crippen LogP contribution < -0.4 is 5.32 Å². The van der Waals surface area contributed by atoms with Crippen molar-refractivity contribution in [3.05, 3.63) is 102 Å². The second-order valence-corrected chi connectivity index (χ2v) is 6.43. The number of nitrogens with one attached hydrogen (secondary N) is 1. The standard InChI is InChI=1S/C23H25NO/c1-18(20-12-6-3-7-13-20)24-22(21-14-8-9-15-23(21)25)17-16-19-10-4-2-5-11-19/h2-15,18,22,24-25H,16-17H2,1H3/t18-,22-/m1/s1. The van der Waals surface area contributed by atoms with Gasteiger partial charge in [0.2, 0.25) is 0 Å². The van der Waals surface area contributed by atoms with Gasteiger partial charge >= 0.3 is 0 Å². The average molecular weight is 331 g/mol. The molecule has 0 heterocycles. The van der Waals surface area contributed by atoms with Crippen LogP contribution in [0.15, 0.2) is 84.9 Å². The minimum Gasteiger partial charge on any atom is -0.508 e. The first-order valence-corrected chi connectivity index (χ1v) is 8.87. The fourth-order valence-electron chi connectivity index (χ4n) is 3.21. The molecule has 2 atom stereocenters. The van der Waals surface area contributed by atoms with Crippen molar-refractivity contribution in [1.82, 2.24) is 5.32 Å². The van der Waals surface area contributed by atoms with Crippen molar-refractivity contribution in [2.24, 2.45) is 0 Å². The van der Waals surface area contributed by atoms with Gasteiger partial charge in [-0.3, -0.25) is 0 Å². The van der Waals surface area contributed by atoms with Crippen molar-refractivity contribution in [3.63, 3.8) is 0 Å². The van der Waals surface area contributed by atoms with Crippen LogP contribution in [0.5, 0.6) is 5.75 Å². The lowest BCUT2D eigenvalue weighted by molar-refractivity contribution is 0.411. The minimum absolute atomic E-state index is 0.0941. The van der Waals surface area contributed by atoms with E-state index in [4.69, 9.17) is 0 Å². The fourth-order valence-corrected chi connectivity index (χ4v) is 3.21. The van der Waals surface area contributed by atoms with Crippen molar-refractivity contribution in [2.75, 3.05) is 0 Å². The van der Waals surface area contributed by atoms with E-state index < -0.39 is 0 Å². The molecule has 0 aliphatic carbocycles. The van der Waals surface area contributed by atoms with Gasteiger partial charge in [0.05, 0.1) is 0 Å². The van der Waals surface area contributed by atoms with Crippen LogP contribution in [0, 0.1) is 0 Å². The molecule has 0 bridgehead atoms. The Morgan fingerprint density at radius 2 is 1.40 bits per heavy atom. The zero-order valence-electron chi connectivity index (χ0n) is 14.6. The molecule has 128 valence electrons. The molecule has 0 amide bonds. The summed E-state index contributed by atoms with van der Waals surface area (Å²) in [6.45, 7) is 2.17. The minimum atomic E-state index is 0.0941. The molecule has 0 aliphatic rings. The zero-order valence-corrected chi connectivity index (χ0v) is 14.6. The Morgan fingerprint density at radius 1 is 0.800 bits per heavy atom. The third-order valence-electron chi connectivity index (χ3n) is 4.63. The van der Waals surface area contributed by atoms with Crippen molar-refractivity contribution < 1.29 is 5.11 Å². The first-order valence-electron chi connectivity index (χ1n) is 8.87. The Bertz CT molecular complexity index is 770. The van der Waals surface area contributed by atoms with Crippen LogP contribution in [0.4, 0.5) is 0 Å². The van der Waals surface area contributed by atoms with E-state index in [0.29, 0.717) is 5.75 Å². The van der Waals surface area contributed by atoms with Gasteiger partial charge in [0.15, 0.2) is 0 Å². The number of rotatable bonds is 7. The average Bonchev–Trinajstić information content (AvgIpc) is 2.67. The predicted molar refractivity (Wildman–Crippen MR) is 104 cm³/mol. The van der Waals surface area contributed by atoms with E-state index in [1.807, 2.05) is 30.3 Å². The molecule has 0 saturated carbocycles. The Hall–Kier alpha value is -2.58. The Labute approximate surface area is 150 Å². The summed E-state index contributed by atoms with van der Waals surface area (Å²) in [5, 5.41) is 14.0. The van der Waals surface area contributed by atoms with Gasteiger partial charge < -0.3 is 10.4 Å². The molecule has 0 aromatic heterocycles. The number of aryl methyl sites for hydroxylation is 1. The molecule has 0 saturated heterocycles. The van der Waals surface area contributed by atoms with E-state index in [9.17, 15) is 5.11 Å². The topological polar surface area (TPSA) is 32.3 Å². The van der Waals surface area contributed by atoms with Crippen LogP contribution in [0.25, 0.3) is 0 Å². The number of para-hydroxylation sites is 1.